The lowest BCUT2D eigenvalue weighted by molar-refractivity contribution is -0.0992. The molecule has 0 aliphatic rings. The number of rotatable bonds is 5. The normalized spacial score (nSPS) is 19.1. The molecule has 0 rings (SSSR count). The van der Waals surface area contributed by atoms with Crippen LogP contribution in [0.1, 0.15) is 0 Å². The van der Waals surface area contributed by atoms with Gasteiger partial charge in [0, 0.05) is 0 Å². The van der Waals surface area contributed by atoms with E-state index in [0.717, 1.165) is 0 Å². The summed E-state index contributed by atoms with van der Waals surface area (Å²) in [4.78, 5) is 0. The highest BCUT2D eigenvalue weighted by atomic mass is 19.3. The third-order valence-electron chi connectivity index (χ3n) is 1.46. The molecule has 3 unspecified atom stereocenters. The van der Waals surface area contributed by atoms with E-state index in [1.165, 1.54) is 0 Å². The first-order valence-corrected chi connectivity index (χ1v) is 3.45. The zero-order valence-electron chi connectivity index (χ0n) is 6.74. The van der Waals surface area contributed by atoms with Crippen LogP contribution in [0.15, 0.2) is 12.7 Å². The Hall–Kier alpha value is -0.750. The molecule has 7 heteroatoms. The first-order chi connectivity index (χ1) is 6.24. The van der Waals surface area contributed by atoms with E-state index in [2.05, 4.69) is 6.58 Å². The Morgan fingerprint density at radius 3 is 1.64 bits per heavy atom. The summed E-state index contributed by atoms with van der Waals surface area (Å²) in [6.07, 6.45) is -14.9. The van der Waals surface area contributed by atoms with Gasteiger partial charge in [-0.15, -0.1) is 0 Å². The van der Waals surface area contributed by atoms with Crippen LogP contribution < -0.4 is 0 Å². The summed E-state index contributed by atoms with van der Waals surface area (Å²) in [7, 11) is 0. The van der Waals surface area contributed by atoms with Crippen LogP contribution in [-0.4, -0.2) is 30.9 Å². The van der Waals surface area contributed by atoms with Crippen LogP contribution in [0.25, 0.3) is 0 Å². The maximum atomic E-state index is 12.4. The van der Waals surface area contributed by atoms with Gasteiger partial charge >= 0.3 is 0 Å². The first-order valence-electron chi connectivity index (χ1n) is 3.45. The highest BCUT2D eigenvalue weighted by Gasteiger charge is 2.48. The highest BCUT2D eigenvalue weighted by Crippen LogP contribution is 2.30. The van der Waals surface area contributed by atoms with Crippen molar-refractivity contribution in [2.75, 3.05) is 0 Å². The third-order valence-corrected chi connectivity index (χ3v) is 1.46. The summed E-state index contributed by atoms with van der Waals surface area (Å²) in [6, 6.07) is 0. The second-order valence-electron chi connectivity index (χ2n) is 2.50. The molecule has 0 fully saturated rings. The average molecular weight is 224 g/mol. The molecule has 0 nitrogen and oxygen atoms in total. The van der Waals surface area contributed by atoms with Gasteiger partial charge in [-0.25, -0.2) is 22.0 Å². The van der Waals surface area contributed by atoms with Gasteiger partial charge in [0.05, 0.1) is 0 Å². The number of hydrogen-bond donors (Lipinski definition) is 0. The van der Waals surface area contributed by atoms with Crippen molar-refractivity contribution >= 4 is 0 Å². The van der Waals surface area contributed by atoms with Gasteiger partial charge in [-0.1, -0.05) is 6.58 Å². The topological polar surface area (TPSA) is 0 Å². The van der Waals surface area contributed by atoms with Gasteiger partial charge in [-0.2, -0.15) is 8.78 Å². The fraction of sp³-hybridized carbons (Fsp3) is 0.714. The van der Waals surface area contributed by atoms with Gasteiger partial charge in [0.2, 0.25) is 6.17 Å². The molecule has 0 saturated carbocycles. The standard InChI is InChI=1S/C7H7F7/c1-2-7(13,14)5(10)3(8)4(9)6(11)12/h2-6H,1H2. The van der Waals surface area contributed by atoms with Gasteiger partial charge in [0.1, 0.15) is 0 Å². The molecule has 84 valence electrons. The van der Waals surface area contributed by atoms with Gasteiger partial charge in [-0.3, -0.25) is 0 Å². The largest absolute Gasteiger partial charge is 0.299 e. The molecular formula is C7H7F7. The number of hydrogen-bond acceptors (Lipinski definition) is 0. The minimum Gasteiger partial charge on any atom is -0.241 e. The van der Waals surface area contributed by atoms with E-state index in [9.17, 15) is 30.7 Å². The molecule has 0 aromatic rings. The average Bonchev–Trinajstić information content (AvgIpc) is 2.14. The van der Waals surface area contributed by atoms with Crippen LogP contribution in [0.5, 0.6) is 0 Å². The molecule has 0 heterocycles. The van der Waals surface area contributed by atoms with Crippen LogP contribution in [0.2, 0.25) is 0 Å². The fourth-order valence-corrected chi connectivity index (χ4v) is 0.625. The Morgan fingerprint density at radius 1 is 0.929 bits per heavy atom. The SMILES string of the molecule is C=CC(F)(F)C(F)C(F)C(F)C(F)F. The Balaban J connectivity index is 4.53. The molecular weight excluding hydrogens is 217 g/mol. The molecule has 0 aromatic heterocycles. The van der Waals surface area contributed by atoms with Crippen molar-refractivity contribution in [1.29, 1.82) is 0 Å². The summed E-state index contributed by atoms with van der Waals surface area (Å²) in [5, 5.41) is 0. The molecule has 0 radical (unpaired) electrons. The minimum atomic E-state index is -4.36. The Labute approximate surface area is 75.4 Å². The molecule has 0 N–H and O–H groups in total. The van der Waals surface area contributed by atoms with Crippen molar-refractivity contribution in [3.8, 4) is 0 Å². The first kappa shape index (κ1) is 13.2. The second-order valence-corrected chi connectivity index (χ2v) is 2.50. The van der Waals surface area contributed by atoms with Crippen molar-refractivity contribution in [2.24, 2.45) is 0 Å². The lowest BCUT2D eigenvalue weighted by atomic mass is 10.1. The van der Waals surface area contributed by atoms with E-state index in [4.69, 9.17) is 0 Å². The Kier molecular flexibility index (Phi) is 4.41. The number of alkyl halides is 7. The minimum absolute atomic E-state index is 0.261. The van der Waals surface area contributed by atoms with Gasteiger partial charge in [0.25, 0.3) is 12.3 Å². The number of halogens is 7. The zero-order valence-corrected chi connectivity index (χ0v) is 6.74. The monoisotopic (exact) mass is 224 g/mol. The maximum Gasteiger partial charge on any atom is 0.299 e. The van der Waals surface area contributed by atoms with Crippen LogP contribution in [0.3, 0.4) is 0 Å². The number of allylic oxidation sites excluding steroid dienone is 1. The van der Waals surface area contributed by atoms with Crippen LogP contribution in [0, 0.1) is 0 Å². The van der Waals surface area contributed by atoms with E-state index < -0.39 is 30.9 Å². The summed E-state index contributed by atoms with van der Waals surface area (Å²) in [6.45, 7) is 2.47. The van der Waals surface area contributed by atoms with E-state index in [1.54, 1.807) is 0 Å². The van der Waals surface area contributed by atoms with Crippen LogP contribution in [0.4, 0.5) is 30.7 Å². The van der Waals surface area contributed by atoms with E-state index in [1.807, 2.05) is 0 Å². The van der Waals surface area contributed by atoms with E-state index in [0.29, 0.717) is 0 Å². The lowest BCUT2D eigenvalue weighted by Crippen LogP contribution is -2.42. The summed E-state index contributed by atoms with van der Waals surface area (Å²) < 4.78 is 84.4. The lowest BCUT2D eigenvalue weighted by Gasteiger charge is -2.22. The smallest absolute Gasteiger partial charge is 0.241 e. The van der Waals surface area contributed by atoms with Crippen molar-refractivity contribution in [1.82, 2.24) is 0 Å². The molecule has 14 heavy (non-hydrogen) atoms. The Morgan fingerprint density at radius 2 is 1.36 bits per heavy atom. The van der Waals surface area contributed by atoms with Crippen molar-refractivity contribution in [3.63, 3.8) is 0 Å². The quantitative estimate of drug-likeness (QED) is 0.497. The molecule has 0 aliphatic heterocycles. The molecule has 3 atom stereocenters. The molecule has 0 amide bonds. The molecule has 0 saturated heterocycles. The third kappa shape index (κ3) is 2.88. The van der Waals surface area contributed by atoms with Gasteiger partial charge < -0.3 is 0 Å². The van der Waals surface area contributed by atoms with Crippen molar-refractivity contribution < 1.29 is 30.7 Å². The van der Waals surface area contributed by atoms with Crippen molar-refractivity contribution in [2.45, 2.75) is 30.9 Å². The summed E-state index contributed by atoms with van der Waals surface area (Å²) >= 11 is 0. The summed E-state index contributed by atoms with van der Waals surface area (Å²) in [5.41, 5.74) is 0. The molecule has 0 spiro atoms. The Bertz CT molecular complexity index is 190. The van der Waals surface area contributed by atoms with E-state index in [-0.39, 0.29) is 6.08 Å². The highest BCUT2D eigenvalue weighted by molar-refractivity contribution is 4.98. The van der Waals surface area contributed by atoms with Crippen molar-refractivity contribution in [3.05, 3.63) is 12.7 Å². The molecule has 0 aromatic carbocycles. The second kappa shape index (κ2) is 4.65. The van der Waals surface area contributed by atoms with Gasteiger partial charge in [-0.05, 0) is 6.08 Å². The predicted octanol–water partition coefficient (Wildman–Crippen LogP) is 3.09. The molecule has 0 bridgehead atoms. The summed E-state index contributed by atoms with van der Waals surface area (Å²) in [5.74, 6) is -4.36. The van der Waals surface area contributed by atoms with E-state index >= 15 is 0 Å². The fourth-order valence-electron chi connectivity index (χ4n) is 0.625. The zero-order chi connectivity index (χ0) is 11.5. The van der Waals surface area contributed by atoms with Crippen LogP contribution in [-0.2, 0) is 0 Å². The predicted molar refractivity (Wildman–Crippen MR) is 35.8 cm³/mol. The van der Waals surface area contributed by atoms with Crippen LogP contribution >= 0.6 is 0 Å². The maximum absolute atomic E-state index is 12.4. The molecule has 0 aliphatic carbocycles. The van der Waals surface area contributed by atoms with Gasteiger partial charge in [0.15, 0.2) is 12.3 Å².